The molecule has 0 spiro atoms. The van der Waals surface area contributed by atoms with Gasteiger partial charge in [-0.2, -0.15) is 11.8 Å². The summed E-state index contributed by atoms with van der Waals surface area (Å²) >= 11 is 3.21. The molecule has 4 rings (SSSR count). The Morgan fingerprint density at radius 2 is 1.91 bits per heavy atom. The number of amides is 2. The zero-order chi connectivity index (χ0) is 23.2. The van der Waals surface area contributed by atoms with Gasteiger partial charge in [0.15, 0.2) is 4.96 Å². The molecule has 0 bridgehead atoms. The average molecular weight is 481 g/mol. The molecule has 0 saturated carbocycles. The number of nitrogens with zero attached hydrogens (tertiary/aromatic N) is 2. The molecule has 0 saturated heterocycles. The Labute approximate surface area is 200 Å². The van der Waals surface area contributed by atoms with Crippen LogP contribution in [0.15, 0.2) is 66.3 Å². The maximum Gasteiger partial charge on any atom is 0.251 e. The minimum Gasteiger partial charge on any atom is -0.497 e. The number of anilines is 1. The molecule has 2 amide bonds. The molecule has 0 aliphatic rings. The van der Waals surface area contributed by atoms with Gasteiger partial charge in [0.25, 0.3) is 5.91 Å². The Morgan fingerprint density at radius 1 is 1.15 bits per heavy atom. The normalized spacial score (nSPS) is 11.8. The lowest BCUT2D eigenvalue weighted by atomic mass is 10.1. The Balaban J connectivity index is 1.42. The van der Waals surface area contributed by atoms with Gasteiger partial charge in [-0.15, -0.1) is 11.3 Å². The number of hydrogen-bond donors (Lipinski definition) is 2. The van der Waals surface area contributed by atoms with Crippen LogP contribution in [0.3, 0.4) is 0 Å². The van der Waals surface area contributed by atoms with E-state index < -0.39 is 6.04 Å². The summed E-state index contributed by atoms with van der Waals surface area (Å²) in [5.74, 6) is 0.870. The molecule has 0 unspecified atom stereocenters. The molecule has 0 aliphatic heterocycles. The zero-order valence-electron chi connectivity index (χ0n) is 18.3. The molecule has 2 heterocycles. The summed E-state index contributed by atoms with van der Waals surface area (Å²) < 4.78 is 7.12. The lowest BCUT2D eigenvalue weighted by Gasteiger charge is -2.18. The van der Waals surface area contributed by atoms with E-state index in [1.807, 2.05) is 52.7 Å². The number of thioether (sulfide) groups is 1. The second kappa shape index (κ2) is 10.5. The topological polar surface area (TPSA) is 84.7 Å². The quantitative estimate of drug-likeness (QED) is 0.367. The van der Waals surface area contributed by atoms with Gasteiger partial charge in [0.1, 0.15) is 11.8 Å². The van der Waals surface area contributed by atoms with Gasteiger partial charge >= 0.3 is 0 Å². The van der Waals surface area contributed by atoms with Gasteiger partial charge in [0, 0.05) is 34.6 Å². The van der Waals surface area contributed by atoms with Gasteiger partial charge in [-0.25, -0.2) is 4.98 Å². The Bertz CT molecular complexity index is 1200. The summed E-state index contributed by atoms with van der Waals surface area (Å²) in [6.45, 7) is 0. The molecule has 0 radical (unpaired) electrons. The highest BCUT2D eigenvalue weighted by Crippen LogP contribution is 2.23. The number of carbonyl (C=O) groups is 2. The standard InChI is InChI=1S/C24H24N4O3S2/c1-31-19-9-5-17(6-10-19)22(29)26-20(11-13-32-2)23(30)25-18-7-3-16(4-8-18)21-15-28-12-14-33-24(28)27-21/h3-10,12,14-15,20H,11,13H2,1-2H3,(H,25,30)(H,26,29)/t20-/m1/s1. The highest BCUT2D eigenvalue weighted by molar-refractivity contribution is 7.98. The first kappa shape index (κ1) is 22.9. The summed E-state index contributed by atoms with van der Waals surface area (Å²) in [4.78, 5) is 31.2. The number of carbonyl (C=O) groups excluding carboxylic acids is 2. The monoisotopic (exact) mass is 480 g/mol. The lowest BCUT2D eigenvalue weighted by molar-refractivity contribution is -0.118. The van der Waals surface area contributed by atoms with Crippen molar-refractivity contribution < 1.29 is 14.3 Å². The van der Waals surface area contributed by atoms with Crippen LogP contribution < -0.4 is 15.4 Å². The number of thiazole rings is 1. The van der Waals surface area contributed by atoms with E-state index in [4.69, 9.17) is 4.74 Å². The fourth-order valence-corrected chi connectivity index (χ4v) is 4.48. The van der Waals surface area contributed by atoms with Crippen molar-refractivity contribution in [2.75, 3.05) is 24.4 Å². The number of fused-ring (bicyclic) bond motifs is 1. The molecule has 7 nitrogen and oxygen atoms in total. The summed E-state index contributed by atoms with van der Waals surface area (Å²) in [5, 5.41) is 7.77. The van der Waals surface area contributed by atoms with Gasteiger partial charge in [0.2, 0.25) is 5.91 Å². The fourth-order valence-electron chi connectivity index (χ4n) is 3.31. The van der Waals surface area contributed by atoms with Crippen LogP contribution in [0.1, 0.15) is 16.8 Å². The predicted molar refractivity (Wildman–Crippen MR) is 134 cm³/mol. The molecular weight excluding hydrogens is 456 g/mol. The summed E-state index contributed by atoms with van der Waals surface area (Å²) in [7, 11) is 1.57. The van der Waals surface area contributed by atoms with Crippen LogP contribution >= 0.6 is 23.1 Å². The SMILES string of the molecule is COc1ccc(C(=O)N[C@H](CCSC)C(=O)Nc2ccc(-c3cn4ccsc4n3)cc2)cc1. The van der Waals surface area contributed by atoms with E-state index in [1.54, 1.807) is 54.5 Å². The summed E-state index contributed by atoms with van der Waals surface area (Å²) in [6.07, 6.45) is 6.45. The van der Waals surface area contributed by atoms with Gasteiger partial charge in [0.05, 0.1) is 12.8 Å². The molecule has 33 heavy (non-hydrogen) atoms. The van der Waals surface area contributed by atoms with Crippen LogP contribution in [0.25, 0.3) is 16.2 Å². The number of benzene rings is 2. The smallest absolute Gasteiger partial charge is 0.251 e. The van der Waals surface area contributed by atoms with Crippen LogP contribution in [-0.2, 0) is 4.79 Å². The second-order valence-corrected chi connectivity index (χ2v) is 9.18. The van der Waals surface area contributed by atoms with E-state index in [0.717, 1.165) is 22.0 Å². The van der Waals surface area contributed by atoms with Crippen molar-refractivity contribution in [1.29, 1.82) is 0 Å². The summed E-state index contributed by atoms with van der Waals surface area (Å²) in [5.41, 5.74) is 2.99. The molecule has 2 aromatic heterocycles. The van der Waals surface area contributed by atoms with E-state index in [9.17, 15) is 9.59 Å². The Hall–Kier alpha value is -3.30. The van der Waals surface area contributed by atoms with Gasteiger partial charge in [-0.1, -0.05) is 12.1 Å². The van der Waals surface area contributed by atoms with E-state index in [-0.39, 0.29) is 11.8 Å². The molecule has 0 fully saturated rings. The molecule has 2 aromatic carbocycles. The minimum atomic E-state index is -0.647. The van der Waals surface area contributed by atoms with Crippen molar-refractivity contribution in [3.05, 3.63) is 71.9 Å². The van der Waals surface area contributed by atoms with Crippen LogP contribution in [0.4, 0.5) is 5.69 Å². The first-order valence-electron chi connectivity index (χ1n) is 10.3. The Morgan fingerprint density at radius 3 is 2.58 bits per heavy atom. The highest BCUT2D eigenvalue weighted by atomic mass is 32.2. The highest BCUT2D eigenvalue weighted by Gasteiger charge is 2.21. The van der Waals surface area contributed by atoms with Crippen molar-refractivity contribution in [3.63, 3.8) is 0 Å². The maximum atomic E-state index is 13.0. The predicted octanol–water partition coefficient (Wildman–Crippen LogP) is 4.56. The average Bonchev–Trinajstić information content (AvgIpc) is 3.45. The van der Waals surface area contributed by atoms with Crippen molar-refractivity contribution in [1.82, 2.24) is 14.7 Å². The number of ether oxygens (including phenoxy) is 1. The number of aromatic nitrogens is 2. The van der Waals surface area contributed by atoms with Gasteiger partial charge in [-0.3, -0.25) is 14.0 Å². The van der Waals surface area contributed by atoms with Crippen molar-refractivity contribution >= 4 is 45.6 Å². The number of methoxy groups -OCH3 is 1. The van der Waals surface area contributed by atoms with E-state index >= 15 is 0 Å². The van der Waals surface area contributed by atoms with E-state index in [1.165, 1.54) is 0 Å². The van der Waals surface area contributed by atoms with Crippen LogP contribution in [-0.4, -0.2) is 46.4 Å². The van der Waals surface area contributed by atoms with Crippen molar-refractivity contribution in [2.45, 2.75) is 12.5 Å². The first-order valence-corrected chi connectivity index (χ1v) is 12.6. The van der Waals surface area contributed by atoms with Crippen LogP contribution in [0.2, 0.25) is 0 Å². The number of imidazole rings is 1. The zero-order valence-corrected chi connectivity index (χ0v) is 19.9. The third kappa shape index (κ3) is 5.55. The van der Waals surface area contributed by atoms with E-state index in [0.29, 0.717) is 23.4 Å². The number of hydrogen-bond acceptors (Lipinski definition) is 6. The molecule has 0 aliphatic carbocycles. The number of rotatable bonds is 9. The first-order chi connectivity index (χ1) is 16.1. The molecule has 4 aromatic rings. The minimum absolute atomic E-state index is 0.249. The molecular formula is C24H24N4O3S2. The molecule has 170 valence electrons. The lowest BCUT2D eigenvalue weighted by Crippen LogP contribution is -2.44. The van der Waals surface area contributed by atoms with E-state index in [2.05, 4.69) is 15.6 Å². The second-order valence-electron chi connectivity index (χ2n) is 7.32. The number of nitrogens with one attached hydrogen (secondary N) is 2. The maximum absolute atomic E-state index is 13.0. The van der Waals surface area contributed by atoms with Crippen LogP contribution in [0.5, 0.6) is 5.75 Å². The molecule has 2 N–H and O–H groups in total. The third-order valence-electron chi connectivity index (χ3n) is 5.13. The Kier molecular flexibility index (Phi) is 7.31. The largest absolute Gasteiger partial charge is 0.497 e. The van der Waals surface area contributed by atoms with Crippen molar-refractivity contribution in [3.8, 4) is 17.0 Å². The molecule has 9 heteroatoms. The summed E-state index contributed by atoms with van der Waals surface area (Å²) in [6, 6.07) is 13.7. The van der Waals surface area contributed by atoms with Crippen molar-refractivity contribution in [2.24, 2.45) is 0 Å². The van der Waals surface area contributed by atoms with Crippen LogP contribution in [0, 0.1) is 0 Å². The molecule has 1 atom stereocenters. The third-order valence-corrected chi connectivity index (χ3v) is 6.54. The van der Waals surface area contributed by atoms with Gasteiger partial charge in [-0.05, 0) is 54.8 Å². The fraction of sp³-hybridized carbons (Fsp3) is 0.208. The van der Waals surface area contributed by atoms with Gasteiger partial charge < -0.3 is 15.4 Å².